The molecule has 0 unspecified atom stereocenters. The fraction of sp³-hybridized carbons (Fsp3) is 0. The summed E-state index contributed by atoms with van der Waals surface area (Å²) in [6.45, 7) is 3.13. The summed E-state index contributed by atoms with van der Waals surface area (Å²) in [5.74, 6) is 0. The maximum absolute atomic E-state index is 5.36. The smallest absolute Gasteiger partial charge is 0.0313 e. The zero-order valence-corrected chi connectivity index (χ0v) is 6.38. The summed E-state index contributed by atoms with van der Waals surface area (Å²) in [5, 5.41) is 0. The Kier molecular flexibility index (Phi) is 5.59. The van der Waals surface area contributed by atoms with E-state index >= 15 is 0 Å². The lowest BCUT2D eigenvalue weighted by Gasteiger charge is -1.83. The van der Waals surface area contributed by atoms with E-state index in [0.717, 1.165) is 5.69 Å². The van der Waals surface area contributed by atoms with E-state index in [2.05, 4.69) is 6.58 Å². The van der Waals surface area contributed by atoms with Crippen LogP contribution in [0.4, 0.5) is 5.69 Å². The standard InChI is InChI=1S/C6H7N.C2H3Cl/c7-6-4-2-1-3-5-6;1-2-3/h1-5H,7H2;2H,1H2. The quantitative estimate of drug-likeness (QED) is 0.573. The van der Waals surface area contributed by atoms with E-state index in [1.165, 1.54) is 5.54 Å². The minimum Gasteiger partial charge on any atom is -0.399 e. The molecule has 0 heterocycles. The van der Waals surface area contributed by atoms with Gasteiger partial charge in [0.2, 0.25) is 0 Å². The SMILES string of the molecule is C=CCl.Nc1ccccc1. The molecule has 1 aromatic rings. The fourth-order valence-corrected chi connectivity index (χ4v) is 0.453. The molecular weight excluding hydrogens is 146 g/mol. The molecule has 0 fully saturated rings. The number of hydrogen-bond donors (Lipinski definition) is 1. The number of anilines is 1. The molecule has 0 saturated carbocycles. The average Bonchev–Trinajstić information content (AvgIpc) is 1.91. The maximum Gasteiger partial charge on any atom is 0.0313 e. The molecule has 2 N–H and O–H groups in total. The van der Waals surface area contributed by atoms with E-state index in [1.807, 2.05) is 30.3 Å². The molecule has 54 valence electrons. The third-order valence-corrected chi connectivity index (χ3v) is 0.800. The second-order valence-corrected chi connectivity index (χ2v) is 1.87. The lowest BCUT2D eigenvalue weighted by atomic mass is 10.3. The lowest BCUT2D eigenvalue weighted by Crippen LogP contribution is -1.79. The summed E-state index contributed by atoms with van der Waals surface area (Å²) in [7, 11) is 0. The Labute approximate surface area is 66.1 Å². The molecule has 0 saturated heterocycles. The monoisotopic (exact) mass is 155 g/mol. The van der Waals surface area contributed by atoms with Crippen molar-refractivity contribution < 1.29 is 0 Å². The highest BCUT2D eigenvalue weighted by atomic mass is 35.5. The van der Waals surface area contributed by atoms with Crippen molar-refractivity contribution in [2.45, 2.75) is 0 Å². The van der Waals surface area contributed by atoms with Gasteiger partial charge >= 0.3 is 0 Å². The zero-order chi connectivity index (χ0) is 7.82. The molecule has 0 aliphatic rings. The predicted molar refractivity (Wildman–Crippen MR) is 46.9 cm³/mol. The summed E-state index contributed by atoms with van der Waals surface area (Å²) >= 11 is 4.76. The van der Waals surface area contributed by atoms with Crippen LogP contribution in [0.25, 0.3) is 0 Å². The van der Waals surface area contributed by atoms with Gasteiger partial charge in [-0.2, -0.15) is 0 Å². The van der Waals surface area contributed by atoms with Gasteiger partial charge in [-0.3, -0.25) is 0 Å². The van der Waals surface area contributed by atoms with Crippen molar-refractivity contribution in [1.29, 1.82) is 0 Å². The second kappa shape index (κ2) is 6.17. The third-order valence-electron chi connectivity index (χ3n) is 0.800. The molecule has 0 aromatic heterocycles. The van der Waals surface area contributed by atoms with Gasteiger partial charge in [0.05, 0.1) is 0 Å². The van der Waals surface area contributed by atoms with E-state index in [-0.39, 0.29) is 0 Å². The predicted octanol–water partition coefficient (Wildman–Crippen LogP) is 2.64. The molecule has 1 aromatic carbocycles. The Balaban J connectivity index is 0.000000236. The van der Waals surface area contributed by atoms with Crippen molar-refractivity contribution in [3.63, 3.8) is 0 Å². The van der Waals surface area contributed by atoms with Gasteiger partial charge < -0.3 is 5.73 Å². The molecular formula is C8H10ClN. The first-order valence-corrected chi connectivity index (χ1v) is 3.26. The minimum atomic E-state index is 0.822. The van der Waals surface area contributed by atoms with Crippen molar-refractivity contribution in [3.05, 3.63) is 42.4 Å². The first-order chi connectivity index (χ1) is 4.81. The molecule has 0 spiro atoms. The van der Waals surface area contributed by atoms with Gasteiger partial charge in [0, 0.05) is 5.69 Å². The number of nitrogens with two attached hydrogens (primary N) is 1. The van der Waals surface area contributed by atoms with Crippen LogP contribution in [-0.2, 0) is 0 Å². The largest absolute Gasteiger partial charge is 0.399 e. The highest BCUT2D eigenvalue weighted by Crippen LogP contribution is 1.95. The third kappa shape index (κ3) is 5.19. The Morgan fingerprint density at radius 1 is 1.30 bits per heavy atom. The van der Waals surface area contributed by atoms with Crippen molar-refractivity contribution in [3.8, 4) is 0 Å². The van der Waals surface area contributed by atoms with E-state index < -0.39 is 0 Å². The van der Waals surface area contributed by atoms with Crippen molar-refractivity contribution in [2.75, 3.05) is 5.73 Å². The average molecular weight is 156 g/mol. The molecule has 0 bridgehead atoms. The molecule has 0 atom stereocenters. The van der Waals surface area contributed by atoms with Crippen LogP contribution in [0.5, 0.6) is 0 Å². The van der Waals surface area contributed by atoms with Gasteiger partial charge in [0.1, 0.15) is 0 Å². The summed E-state index contributed by atoms with van der Waals surface area (Å²) in [6.07, 6.45) is 0. The Morgan fingerprint density at radius 2 is 1.70 bits per heavy atom. The van der Waals surface area contributed by atoms with Gasteiger partial charge in [-0.25, -0.2) is 0 Å². The van der Waals surface area contributed by atoms with Gasteiger partial charge in [0.25, 0.3) is 0 Å². The highest BCUT2D eigenvalue weighted by molar-refractivity contribution is 6.25. The molecule has 0 aliphatic heterocycles. The van der Waals surface area contributed by atoms with Crippen molar-refractivity contribution in [1.82, 2.24) is 0 Å². The van der Waals surface area contributed by atoms with Gasteiger partial charge in [-0.1, -0.05) is 36.4 Å². The van der Waals surface area contributed by atoms with E-state index in [4.69, 9.17) is 17.3 Å². The number of benzene rings is 1. The van der Waals surface area contributed by atoms with E-state index in [1.54, 1.807) is 0 Å². The molecule has 0 aliphatic carbocycles. The van der Waals surface area contributed by atoms with Crippen LogP contribution in [-0.4, -0.2) is 0 Å². The van der Waals surface area contributed by atoms with Crippen LogP contribution in [0.2, 0.25) is 0 Å². The number of nitrogen functional groups attached to an aromatic ring is 1. The number of hydrogen-bond acceptors (Lipinski definition) is 1. The molecule has 0 amide bonds. The molecule has 1 rings (SSSR count). The highest BCUT2D eigenvalue weighted by Gasteiger charge is 1.72. The Morgan fingerprint density at radius 3 is 1.90 bits per heavy atom. The molecule has 10 heavy (non-hydrogen) atoms. The van der Waals surface area contributed by atoms with Crippen molar-refractivity contribution >= 4 is 17.3 Å². The number of rotatable bonds is 0. The Hall–Kier alpha value is -0.950. The maximum atomic E-state index is 5.36. The first kappa shape index (κ1) is 9.05. The van der Waals surface area contributed by atoms with Gasteiger partial charge in [0.15, 0.2) is 0 Å². The zero-order valence-electron chi connectivity index (χ0n) is 5.63. The van der Waals surface area contributed by atoms with Crippen molar-refractivity contribution in [2.24, 2.45) is 0 Å². The van der Waals surface area contributed by atoms with Crippen LogP contribution in [0.15, 0.2) is 42.4 Å². The normalized spacial score (nSPS) is 7.30. The summed E-state index contributed by atoms with van der Waals surface area (Å²) in [6, 6.07) is 9.49. The Bertz CT molecular complexity index is 172. The topological polar surface area (TPSA) is 26.0 Å². The lowest BCUT2D eigenvalue weighted by molar-refractivity contribution is 1.69. The summed E-state index contributed by atoms with van der Waals surface area (Å²) in [4.78, 5) is 0. The van der Waals surface area contributed by atoms with E-state index in [0.29, 0.717) is 0 Å². The molecule has 2 heteroatoms. The first-order valence-electron chi connectivity index (χ1n) is 2.83. The van der Waals surface area contributed by atoms with Crippen LogP contribution in [0, 0.1) is 0 Å². The fourth-order valence-electron chi connectivity index (χ4n) is 0.453. The molecule has 0 radical (unpaired) electrons. The summed E-state index contributed by atoms with van der Waals surface area (Å²) in [5.41, 5.74) is 7.40. The molecule has 1 nitrogen and oxygen atoms in total. The number of para-hydroxylation sites is 1. The van der Waals surface area contributed by atoms with Gasteiger partial charge in [-0.05, 0) is 17.7 Å². The second-order valence-electron chi connectivity index (χ2n) is 1.56. The van der Waals surface area contributed by atoms with Crippen LogP contribution in [0.3, 0.4) is 0 Å². The van der Waals surface area contributed by atoms with Crippen LogP contribution in [0.1, 0.15) is 0 Å². The number of halogens is 1. The van der Waals surface area contributed by atoms with Gasteiger partial charge in [-0.15, -0.1) is 0 Å². The minimum absolute atomic E-state index is 0.822. The summed E-state index contributed by atoms with van der Waals surface area (Å²) < 4.78 is 0. The van der Waals surface area contributed by atoms with Crippen LogP contribution < -0.4 is 5.73 Å². The van der Waals surface area contributed by atoms with E-state index in [9.17, 15) is 0 Å². The van der Waals surface area contributed by atoms with Crippen LogP contribution >= 0.6 is 11.6 Å².